The third-order valence-corrected chi connectivity index (χ3v) is 4.45. The number of benzene rings is 1. The van der Waals surface area contributed by atoms with Gasteiger partial charge < -0.3 is 15.2 Å². The van der Waals surface area contributed by atoms with Gasteiger partial charge in [0.25, 0.3) is 0 Å². The summed E-state index contributed by atoms with van der Waals surface area (Å²) in [6, 6.07) is 8.02. The van der Waals surface area contributed by atoms with E-state index in [1.807, 2.05) is 11.0 Å². The summed E-state index contributed by atoms with van der Waals surface area (Å²) >= 11 is 0. The molecule has 3 rings (SSSR count). The third-order valence-electron chi connectivity index (χ3n) is 4.45. The second kappa shape index (κ2) is 6.56. The van der Waals surface area contributed by atoms with Gasteiger partial charge >= 0.3 is 5.97 Å². The standard InChI is InChI=1S/C16H22N2O3/c19-16(20)15(18-7-9-21-10-8-18)11-14-13-4-2-1-3-12(13)5-6-17-14/h1-4,14-15,17H,5-11H2,(H,19,20). The Kier molecular flexibility index (Phi) is 4.53. The zero-order valence-electron chi connectivity index (χ0n) is 12.1. The molecule has 2 aliphatic heterocycles. The van der Waals surface area contributed by atoms with Crippen LogP contribution < -0.4 is 5.32 Å². The molecule has 5 heteroatoms. The minimum Gasteiger partial charge on any atom is -0.480 e. The molecule has 2 atom stereocenters. The number of nitrogens with one attached hydrogen (secondary N) is 1. The number of nitrogens with zero attached hydrogens (tertiary/aromatic N) is 1. The number of hydrogen-bond acceptors (Lipinski definition) is 4. The molecule has 114 valence electrons. The molecule has 0 spiro atoms. The molecule has 5 nitrogen and oxygen atoms in total. The molecule has 0 aliphatic carbocycles. The van der Waals surface area contributed by atoms with Crippen LogP contribution in [-0.2, 0) is 16.0 Å². The molecule has 1 fully saturated rings. The first-order chi connectivity index (χ1) is 10.3. The van der Waals surface area contributed by atoms with E-state index in [2.05, 4.69) is 23.5 Å². The molecule has 2 heterocycles. The molecular weight excluding hydrogens is 268 g/mol. The second-order valence-electron chi connectivity index (χ2n) is 5.69. The summed E-state index contributed by atoms with van der Waals surface area (Å²) in [6.07, 6.45) is 1.62. The Labute approximate surface area is 124 Å². The lowest BCUT2D eigenvalue weighted by Gasteiger charge is -2.35. The van der Waals surface area contributed by atoms with Crippen LogP contribution in [-0.4, -0.2) is 54.9 Å². The molecule has 1 aromatic rings. The van der Waals surface area contributed by atoms with E-state index in [1.165, 1.54) is 11.1 Å². The molecule has 0 amide bonds. The molecule has 0 radical (unpaired) electrons. The summed E-state index contributed by atoms with van der Waals surface area (Å²) in [6.45, 7) is 3.56. The van der Waals surface area contributed by atoms with Crippen LogP contribution in [0.5, 0.6) is 0 Å². The summed E-state index contributed by atoms with van der Waals surface area (Å²) in [5, 5.41) is 13.1. The van der Waals surface area contributed by atoms with Crippen molar-refractivity contribution >= 4 is 5.97 Å². The van der Waals surface area contributed by atoms with Gasteiger partial charge in [0.2, 0.25) is 0 Å². The molecule has 21 heavy (non-hydrogen) atoms. The van der Waals surface area contributed by atoms with Crippen molar-refractivity contribution in [1.82, 2.24) is 10.2 Å². The van der Waals surface area contributed by atoms with E-state index in [9.17, 15) is 9.90 Å². The Hall–Kier alpha value is -1.43. The fourth-order valence-electron chi connectivity index (χ4n) is 3.32. The molecule has 2 aliphatic rings. The van der Waals surface area contributed by atoms with E-state index < -0.39 is 12.0 Å². The highest BCUT2D eigenvalue weighted by Crippen LogP contribution is 2.27. The summed E-state index contributed by atoms with van der Waals surface area (Å²) in [7, 11) is 0. The smallest absolute Gasteiger partial charge is 0.320 e. The molecule has 2 unspecified atom stereocenters. The van der Waals surface area contributed by atoms with Gasteiger partial charge in [-0.05, 0) is 30.5 Å². The van der Waals surface area contributed by atoms with E-state index in [0.29, 0.717) is 32.7 Å². The van der Waals surface area contributed by atoms with Crippen LogP contribution >= 0.6 is 0 Å². The summed E-state index contributed by atoms with van der Waals surface area (Å²) in [4.78, 5) is 13.7. The molecule has 1 aromatic carbocycles. The number of carbonyl (C=O) groups is 1. The molecule has 0 aromatic heterocycles. The topological polar surface area (TPSA) is 61.8 Å². The monoisotopic (exact) mass is 290 g/mol. The number of rotatable bonds is 4. The van der Waals surface area contributed by atoms with E-state index in [0.717, 1.165) is 13.0 Å². The average Bonchev–Trinajstić information content (AvgIpc) is 2.53. The highest BCUT2D eigenvalue weighted by atomic mass is 16.5. The number of fused-ring (bicyclic) bond motifs is 1. The second-order valence-corrected chi connectivity index (χ2v) is 5.69. The third kappa shape index (κ3) is 3.26. The van der Waals surface area contributed by atoms with Gasteiger partial charge in [-0.3, -0.25) is 9.69 Å². The number of carboxylic acids is 1. The van der Waals surface area contributed by atoms with Crippen molar-refractivity contribution in [3.63, 3.8) is 0 Å². The fraction of sp³-hybridized carbons (Fsp3) is 0.562. The Morgan fingerprint density at radius 2 is 2.14 bits per heavy atom. The van der Waals surface area contributed by atoms with Crippen molar-refractivity contribution in [1.29, 1.82) is 0 Å². The van der Waals surface area contributed by atoms with Gasteiger partial charge in [0.15, 0.2) is 0 Å². The van der Waals surface area contributed by atoms with Crippen molar-refractivity contribution < 1.29 is 14.6 Å². The van der Waals surface area contributed by atoms with E-state index in [-0.39, 0.29) is 6.04 Å². The van der Waals surface area contributed by atoms with Gasteiger partial charge in [0.05, 0.1) is 13.2 Å². The number of morpholine rings is 1. The first-order valence-corrected chi connectivity index (χ1v) is 7.61. The minimum atomic E-state index is -0.734. The average molecular weight is 290 g/mol. The van der Waals surface area contributed by atoms with Gasteiger partial charge in [-0.15, -0.1) is 0 Å². The predicted octanol–water partition coefficient (Wildman–Crippen LogP) is 1.05. The van der Waals surface area contributed by atoms with Crippen LogP contribution in [0.3, 0.4) is 0 Å². The maximum atomic E-state index is 11.7. The van der Waals surface area contributed by atoms with Crippen LogP contribution in [0.15, 0.2) is 24.3 Å². The SMILES string of the molecule is O=C(O)C(CC1NCCc2ccccc21)N1CCOCC1. The quantitative estimate of drug-likeness (QED) is 0.868. The Balaban J connectivity index is 1.76. The first kappa shape index (κ1) is 14.5. The Bertz CT molecular complexity index is 500. The van der Waals surface area contributed by atoms with E-state index >= 15 is 0 Å². The van der Waals surface area contributed by atoms with Crippen molar-refractivity contribution in [2.75, 3.05) is 32.8 Å². The van der Waals surface area contributed by atoms with Crippen molar-refractivity contribution in [2.45, 2.75) is 24.9 Å². The van der Waals surface area contributed by atoms with Crippen LogP contribution in [0.1, 0.15) is 23.6 Å². The highest BCUT2D eigenvalue weighted by Gasteiger charge is 2.31. The fourth-order valence-corrected chi connectivity index (χ4v) is 3.32. The molecular formula is C16H22N2O3. The van der Waals surface area contributed by atoms with Crippen molar-refractivity contribution in [3.8, 4) is 0 Å². The first-order valence-electron chi connectivity index (χ1n) is 7.61. The zero-order valence-corrected chi connectivity index (χ0v) is 12.1. The van der Waals surface area contributed by atoms with Gasteiger partial charge in [0.1, 0.15) is 6.04 Å². The van der Waals surface area contributed by atoms with E-state index in [1.54, 1.807) is 0 Å². The molecule has 2 N–H and O–H groups in total. The molecule has 1 saturated heterocycles. The van der Waals surface area contributed by atoms with Gasteiger partial charge in [-0.25, -0.2) is 0 Å². The summed E-state index contributed by atoms with van der Waals surface area (Å²) in [5.74, 6) is -0.734. The largest absolute Gasteiger partial charge is 0.480 e. The normalized spacial score (nSPS) is 24.3. The lowest BCUT2D eigenvalue weighted by molar-refractivity contribution is -0.145. The maximum Gasteiger partial charge on any atom is 0.320 e. The van der Waals surface area contributed by atoms with Gasteiger partial charge in [-0.2, -0.15) is 0 Å². The number of carboxylic acid groups (broad SMARTS) is 1. The van der Waals surface area contributed by atoms with Crippen molar-refractivity contribution in [3.05, 3.63) is 35.4 Å². The number of ether oxygens (including phenoxy) is 1. The van der Waals surface area contributed by atoms with Gasteiger partial charge in [-0.1, -0.05) is 24.3 Å². The minimum absolute atomic E-state index is 0.124. The van der Waals surface area contributed by atoms with Crippen LogP contribution in [0, 0.1) is 0 Å². The Morgan fingerprint density at radius 1 is 1.38 bits per heavy atom. The highest BCUT2D eigenvalue weighted by molar-refractivity contribution is 5.73. The predicted molar refractivity (Wildman–Crippen MR) is 79.3 cm³/mol. The van der Waals surface area contributed by atoms with Crippen LogP contribution in [0.4, 0.5) is 0 Å². The number of aliphatic carboxylic acids is 1. The summed E-state index contributed by atoms with van der Waals surface area (Å²) < 4.78 is 5.33. The lowest BCUT2D eigenvalue weighted by Crippen LogP contribution is -2.49. The van der Waals surface area contributed by atoms with Crippen molar-refractivity contribution in [2.24, 2.45) is 0 Å². The molecule has 0 saturated carbocycles. The summed E-state index contributed by atoms with van der Waals surface area (Å²) in [5.41, 5.74) is 2.59. The van der Waals surface area contributed by atoms with Crippen LogP contribution in [0.2, 0.25) is 0 Å². The lowest BCUT2D eigenvalue weighted by atomic mass is 9.90. The molecule has 0 bridgehead atoms. The Morgan fingerprint density at radius 3 is 2.90 bits per heavy atom. The van der Waals surface area contributed by atoms with Gasteiger partial charge in [0, 0.05) is 19.1 Å². The zero-order chi connectivity index (χ0) is 14.7. The maximum absolute atomic E-state index is 11.7. The van der Waals surface area contributed by atoms with Crippen LogP contribution in [0.25, 0.3) is 0 Å². The van der Waals surface area contributed by atoms with E-state index in [4.69, 9.17) is 4.74 Å². The number of hydrogen-bond donors (Lipinski definition) is 2.